The number of nitrogens with one attached hydrogen (secondary N) is 1. The molecular formula is C19H17N3O3S2. The normalized spacial score (nSPS) is 18.4. The summed E-state index contributed by atoms with van der Waals surface area (Å²) in [6.45, 7) is 1.96. The Morgan fingerprint density at radius 3 is 2.67 bits per heavy atom. The van der Waals surface area contributed by atoms with Crippen LogP contribution >= 0.6 is 11.3 Å². The van der Waals surface area contributed by atoms with Crippen LogP contribution in [0.15, 0.2) is 58.8 Å². The van der Waals surface area contributed by atoms with E-state index in [1.54, 1.807) is 21.1 Å². The van der Waals surface area contributed by atoms with E-state index >= 15 is 0 Å². The summed E-state index contributed by atoms with van der Waals surface area (Å²) in [5, 5.41) is 11.9. The van der Waals surface area contributed by atoms with Gasteiger partial charge in [0.25, 0.3) is 0 Å². The van der Waals surface area contributed by atoms with Crippen molar-refractivity contribution in [3.63, 3.8) is 0 Å². The molecule has 138 valence electrons. The second kappa shape index (κ2) is 7.22. The van der Waals surface area contributed by atoms with Crippen molar-refractivity contribution in [2.24, 2.45) is 0 Å². The van der Waals surface area contributed by atoms with Crippen molar-refractivity contribution in [3.05, 3.63) is 64.5 Å². The lowest BCUT2D eigenvalue weighted by molar-refractivity contribution is -0.129. The fourth-order valence-electron chi connectivity index (χ4n) is 3.23. The molecule has 0 bridgehead atoms. The van der Waals surface area contributed by atoms with Crippen LogP contribution in [0.3, 0.4) is 0 Å². The highest BCUT2D eigenvalue weighted by Crippen LogP contribution is 2.42. The van der Waals surface area contributed by atoms with Crippen LogP contribution in [0.5, 0.6) is 0 Å². The average Bonchev–Trinajstić information content (AvgIpc) is 3.24. The number of anilines is 1. The summed E-state index contributed by atoms with van der Waals surface area (Å²) >= 11 is 1.59. The summed E-state index contributed by atoms with van der Waals surface area (Å²) in [6, 6.07) is 14.6. The van der Waals surface area contributed by atoms with Gasteiger partial charge in [-0.05, 0) is 30.7 Å². The second-order valence-corrected chi connectivity index (χ2v) is 8.56. The van der Waals surface area contributed by atoms with Crippen molar-refractivity contribution in [2.45, 2.75) is 24.3 Å². The highest BCUT2D eigenvalue weighted by Gasteiger charge is 2.37. The molecule has 1 amide bonds. The van der Waals surface area contributed by atoms with Gasteiger partial charge in [-0.15, -0.1) is 11.3 Å². The number of hydrogen-bond acceptors (Lipinski definition) is 5. The van der Waals surface area contributed by atoms with Crippen LogP contribution in [0.2, 0.25) is 0 Å². The lowest BCUT2D eigenvalue weighted by Crippen LogP contribution is -2.29. The van der Waals surface area contributed by atoms with Gasteiger partial charge in [0, 0.05) is 10.9 Å². The van der Waals surface area contributed by atoms with Crippen molar-refractivity contribution in [1.29, 1.82) is 0 Å². The maximum atomic E-state index is 13.1. The number of aryl methyl sites for hydroxylation is 1. The number of carbonyl (C=O) groups is 1. The number of fused-ring (bicyclic) bond motifs is 1. The number of aromatic nitrogens is 1. The van der Waals surface area contributed by atoms with Gasteiger partial charge in [-0.2, -0.15) is 0 Å². The minimum atomic E-state index is -1.42. The zero-order chi connectivity index (χ0) is 19.0. The first-order chi connectivity index (χ1) is 13.1. The Morgan fingerprint density at radius 2 is 2.00 bits per heavy atom. The summed E-state index contributed by atoms with van der Waals surface area (Å²) in [7, 11) is -1.42. The molecule has 3 aromatic rings. The SMILES string of the molecule is Cc1nc(-c2ccc(N3C(CC(=O)NO)c4ccccc4S3=O)cc2)cs1. The lowest BCUT2D eigenvalue weighted by Gasteiger charge is -2.25. The van der Waals surface area contributed by atoms with Gasteiger partial charge in [0.05, 0.1) is 33.7 Å². The van der Waals surface area contributed by atoms with Crippen LogP contribution in [-0.4, -0.2) is 20.3 Å². The van der Waals surface area contributed by atoms with Crippen molar-refractivity contribution < 1.29 is 14.2 Å². The number of benzene rings is 2. The highest BCUT2D eigenvalue weighted by atomic mass is 32.2. The molecule has 2 N–H and O–H groups in total. The van der Waals surface area contributed by atoms with E-state index in [0.29, 0.717) is 4.90 Å². The number of hydrogen-bond donors (Lipinski definition) is 2. The molecule has 2 aromatic carbocycles. The fourth-order valence-corrected chi connectivity index (χ4v) is 5.39. The zero-order valence-corrected chi connectivity index (χ0v) is 16.1. The van der Waals surface area contributed by atoms with Gasteiger partial charge in [0.15, 0.2) is 11.0 Å². The minimum absolute atomic E-state index is 0.00624. The van der Waals surface area contributed by atoms with Crippen LogP contribution in [-0.2, 0) is 15.8 Å². The topological polar surface area (TPSA) is 82.5 Å². The summed E-state index contributed by atoms with van der Waals surface area (Å²) in [5.41, 5.74) is 5.14. The molecule has 0 radical (unpaired) electrons. The minimum Gasteiger partial charge on any atom is -0.289 e. The predicted molar refractivity (Wildman–Crippen MR) is 105 cm³/mol. The molecule has 2 atom stereocenters. The van der Waals surface area contributed by atoms with E-state index in [1.807, 2.05) is 60.8 Å². The van der Waals surface area contributed by atoms with Crippen molar-refractivity contribution >= 4 is 33.9 Å². The molecule has 8 heteroatoms. The number of hydroxylamine groups is 1. The van der Waals surface area contributed by atoms with E-state index < -0.39 is 22.9 Å². The molecule has 0 saturated heterocycles. The van der Waals surface area contributed by atoms with Crippen molar-refractivity contribution in [3.8, 4) is 11.3 Å². The van der Waals surface area contributed by atoms with Crippen molar-refractivity contribution in [1.82, 2.24) is 10.5 Å². The number of nitrogens with zero attached hydrogens (tertiary/aromatic N) is 2. The van der Waals surface area contributed by atoms with Crippen LogP contribution in [0.25, 0.3) is 11.3 Å². The van der Waals surface area contributed by atoms with Gasteiger partial charge in [-0.25, -0.2) is 14.7 Å². The molecule has 6 nitrogen and oxygen atoms in total. The summed E-state index contributed by atoms with van der Waals surface area (Å²) < 4.78 is 14.8. The molecule has 4 rings (SSSR count). The Balaban J connectivity index is 1.70. The van der Waals surface area contributed by atoms with E-state index in [-0.39, 0.29) is 6.42 Å². The quantitative estimate of drug-likeness (QED) is 0.519. The van der Waals surface area contributed by atoms with E-state index in [4.69, 9.17) is 5.21 Å². The smallest absolute Gasteiger partial charge is 0.245 e. The zero-order valence-electron chi connectivity index (χ0n) is 14.5. The van der Waals surface area contributed by atoms with Gasteiger partial charge >= 0.3 is 0 Å². The number of thiazole rings is 1. The molecule has 0 aliphatic carbocycles. The van der Waals surface area contributed by atoms with E-state index in [1.165, 1.54) is 0 Å². The third-order valence-corrected chi connectivity index (χ3v) is 6.81. The first kappa shape index (κ1) is 17.8. The van der Waals surface area contributed by atoms with E-state index in [9.17, 15) is 9.00 Å². The molecule has 2 heterocycles. The van der Waals surface area contributed by atoms with Crippen molar-refractivity contribution in [2.75, 3.05) is 4.31 Å². The number of rotatable bonds is 4. The maximum Gasteiger partial charge on any atom is 0.245 e. The molecule has 1 aliphatic rings. The second-order valence-electron chi connectivity index (χ2n) is 6.17. The van der Waals surface area contributed by atoms with Gasteiger partial charge in [0.2, 0.25) is 5.91 Å². The van der Waals surface area contributed by atoms with Crippen LogP contribution in [0.4, 0.5) is 5.69 Å². The van der Waals surface area contributed by atoms with Gasteiger partial charge < -0.3 is 0 Å². The Bertz CT molecular complexity index is 1020. The van der Waals surface area contributed by atoms with Gasteiger partial charge in [-0.1, -0.05) is 30.3 Å². The Morgan fingerprint density at radius 1 is 1.26 bits per heavy atom. The first-order valence-corrected chi connectivity index (χ1v) is 10.3. The Labute approximate surface area is 163 Å². The Kier molecular flexibility index (Phi) is 4.77. The summed E-state index contributed by atoms with van der Waals surface area (Å²) in [5.74, 6) is -0.520. The standard InChI is InChI=1S/C19H17N3O3S2/c1-12-20-16(11-26-12)13-6-8-14(9-7-13)22-17(10-19(23)21-24)15-4-2-3-5-18(15)27(22)25/h2-9,11,17,24H,10H2,1H3,(H,21,23). The highest BCUT2D eigenvalue weighted by molar-refractivity contribution is 7.87. The molecule has 27 heavy (non-hydrogen) atoms. The average molecular weight is 399 g/mol. The largest absolute Gasteiger partial charge is 0.289 e. The monoisotopic (exact) mass is 399 g/mol. The Hall–Kier alpha value is -2.55. The molecule has 0 fully saturated rings. The number of carbonyl (C=O) groups excluding carboxylic acids is 1. The molecule has 0 saturated carbocycles. The third kappa shape index (κ3) is 3.27. The lowest BCUT2D eigenvalue weighted by atomic mass is 10.0. The molecule has 1 aromatic heterocycles. The van der Waals surface area contributed by atoms with Crippen LogP contribution in [0, 0.1) is 6.92 Å². The fraction of sp³-hybridized carbons (Fsp3) is 0.158. The maximum absolute atomic E-state index is 13.1. The van der Waals surface area contributed by atoms with Gasteiger partial charge in [0.1, 0.15) is 0 Å². The van der Waals surface area contributed by atoms with E-state index in [2.05, 4.69) is 4.98 Å². The molecule has 0 spiro atoms. The summed E-state index contributed by atoms with van der Waals surface area (Å²) in [4.78, 5) is 17.0. The predicted octanol–water partition coefficient (Wildman–Crippen LogP) is 3.60. The summed E-state index contributed by atoms with van der Waals surface area (Å²) in [6.07, 6.45) is 0.00624. The number of amides is 1. The van der Waals surface area contributed by atoms with E-state index in [0.717, 1.165) is 27.5 Å². The van der Waals surface area contributed by atoms with Crippen LogP contribution < -0.4 is 9.79 Å². The van der Waals surface area contributed by atoms with Gasteiger partial charge in [-0.3, -0.25) is 14.3 Å². The molecule has 2 unspecified atom stereocenters. The third-order valence-electron chi connectivity index (χ3n) is 4.47. The molecule has 1 aliphatic heterocycles. The van der Waals surface area contributed by atoms with Crippen LogP contribution in [0.1, 0.15) is 23.0 Å². The first-order valence-electron chi connectivity index (χ1n) is 8.34. The molecular weight excluding hydrogens is 382 g/mol.